The van der Waals surface area contributed by atoms with Gasteiger partial charge in [-0.2, -0.15) is 0 Å². The van der Waals surface area contributed by atoms with Gasteiger partial charge >= 0.3 is 5.97 Å². The molecule has 0 bridgehead atoms. The Bertz CT molecular complexity index is 780. The number of rotatable bonds is 6. The first-order valence-electron chi connectivity index (χ1n) is 8.00. The number of nitrogens with zero attached hydrogens (tertiary/aromatic N) is 1. The van der Waals surface area contributed by atoms with E-state index in [-0.39, 0.29) is 5.91 Å². The van der Waals surface area contributed by atoms with Gasteiger partial charge in [0.2, 0.25) is 5.91 Å². The summed E-state index contributed by atoms with van der Waals surface area (Å²) in [6.45, 7) is 4.16. The summed E-state index contributed by atoms with van der Waals surface area (Å²) in [6.07, 6.45) is 0.292. The lowest BCUT2D eigenvalue weighted by molar-refractivity contribution is -0.129. The number of benzene rings is 1. The van der Waals surface area contributed by atoms with Gasteiger partial charge in [-0.25, -0.2) is 4.79 Å². The highest BCUT2D eigenvalue weighted by atomic mass is 16.5. The third-order valence-electron chi connectivity index (χ3n) is 4.29. The van der Waals surface area contributed by atoms with Crippen molar-refractivity contribution < 1.29 is 19.1 Å². The van der Waals surface area contributed by atoms with Gasteiger partial charge in [0.1, 0.15) is 11.4 Å². The van der Waals surface area contributed by atoms with Crippen molar-refractivity contribution >= 4 is 11.9 Å². The molecule has 0 fully saturated rings. The Morgan fingerprint density at radius 2 is 1.92 bits per heavy atom. The van der Waals surface area contributed by atoms with Gasteiger partial charge in [-0.05, 0) is 42.7 Å². The molecule has 2 rings (SSSR count). The summed E-state index contributed by atoms with van der Waals surface area (Å²) in [4.78, 5) is 29.0. The molecule has 1 amide bonds. The average Bonchev–Trinajstić information content (AvgIpc) is 2.89. The molecule has 0 aliphatic heterocycles. The van der Waals surface area contributed by atoms with Crippen LogP contribution >= 0.6 is 0 Å². The molecule has 6 nitrogen and oxygen atoms in total. The molecule has 6 heteroatoms. The molecule has 0 saturated heterocycles. The number of carbonyl (C=O) groups is 2. The predicted octanol–water partition coefficient (Wildman–Crippen LogP) is 2.63. The van der Waals surface area contributed by atoms with E-state index in [2.05, 4.69) is 4.98 Å². The Labute approximate surface area is 147 Å². The second-order valence-electron chi connectivity index (χ2n) is 6.00. The molecule has 2 aromatic rings. The summed E-state index contributed by atoms with van der Waals surface area (Å²) in [5.74, 6) is 0.318. The Hall–Kier alpha value is -2.76. The van der Waals surface area contributed by atoms with E-state index in [1.165, 1.54) is 7.11 Å². The van der Waals surface area contributed by atoms with Gasteiger partial charge in [0.25, 0.3) is 0 Å². The van der Waals surface area contributed by atoms with Crippen molar-refractivity contribution in [3.63, 3.8) is 0 Å². The van der Waals surface area contributed by atoms with E-state index < -0.39 is 5.97 Å². The van der Waals surface area contributed by atoms with E-state index in [9.17, 15) is 9.59 Å². The maximum absolute atomic E-state index is 12.5. The number of carbonyl (C=O) groups excluding carboxylic acids is 2. The molecule has 1 heterocycles. The summed E-state index contributed by atoms with van der Waals surface area (Å²) in [7, 11) is 4.71. The van der Waals surface area contributed by atoms with Crippen LogP contribution < -0.4 is 4.74 Å². The molecule has 1 N–H and O–H groups in total. The SMILES string of the molecule is COC(=O)c1[nH]c(C)c(CN(C)C(=O)Cc2cccc(OC)c2)c1C. The number of amides is 1. The van der Waals surface area contributed by atoms with Crippen molar-refractivity contribution in [2.24, 2.45) is 0 Å². The Morgan fingerprint density at radius 3 is 2.56 bits per heavy atom. The lowest BCUT2D eigenvalue weighted by atomic mass is 10.1. The molecular formula is C19H24N2O4. The van der Waals surface area contributed by atoms with Crippen LogP contribution in [-0.2, 0) is 22.5 Å². The van der Waals surface area contributed by atoms with Crippen LogP contribution in [0.3, 0.4) is 0 Å². The zero-order valence-corrected chi connectivity index (χ0v) is 15.3. The fraction of sp³-hybridized carbons (Fsp3) is 0.368. The van der Waals surface area contributed by atoms with Crippen molar-refractivity contribution in [1.29, 1.82) is 0 Å². The van der Waals surface area contributed by atoms with Crippen LogP contribution in [-0.4, -0.2) is 43.0 Å². The zero-order valence-electron chi connectivity index (χ0n) is 15.3. The number of aromatic nitrogens is 1. The van der Waals surface area contributed by atoms with Crippen LogP contribution in [0.4, 0.5) is 0 Å². The first-order valence-corrected chi connectivity index (χ1v) is 8.00. The molecule has 1 aromatic carbocycles. The lowest BCUT2D eigenvalue weighted by Crippen LogP contribution is -2.28. The van der Waals surface area contributed by atoms with Gasteiger partial charge in [-0.1, -0.05) is 12.1 Å². The second kappa shape index (κ2) is 7.88. The normalized spacial score (nSPS) is 10.4. The van der Waals surface area contributed by atoms with Crippen LogP contribution in [0.25, 0.3) is 0 Å². The Balaban J connectivity index is 2.11. The predicted molar refractivity (Wildman–Crippen MR) is 94.8 cm³/mol. The molecule has 0 unspecified atom stereocenters. The van der Waals surface area contributed by atoms with Gasteiger partial charge in [0, 0.05) is 19.3 Å². The number of likely N-dealkylation sites (N-methyl/N-ethyl adjacent to an activating group) is 1. The summed E-state index contributed by atoms with van der Waals surface area (Å²) < 4.78 is 9.96. The lowest BCUT2D eigenvalue weighted by Gasteiger charge is -2.18. The average molecular weight is 344 g/mol. The molecule has 0 aliphatic rings. The van der Waals surface area contributed by atoms with E-state index >= 15 is 0 Å². The number of aromatic amines is 1. The molecule has 0 atom stereocenters. The van der Waals surface area contributed by atoms with E-state index in [1.807, 2.05) is 38.1 Å². The molecule has 0 spiro atoms. The highest BCUT2D eigenvalue weighted by Crippen LogP contribution is 2.21. The van der Waals surface area contributed by atoms with Crippen LogP contribution in [0.2, 0.25) is 0 Å². The van der Waals surface area contributed by atoms with E-state index in [1.54, 1.807) is 19.1 Å². The molecule has 25 heavy (non-hydrogen) atoms. The minimum Gasteiger partial charge on any atom is -0.497 e. The molecule has 1 aromatic heterocycles. The van der Waals surface area contributed by atoms with Crippen LogP contribution in [0.15, 0.2) is 24.3 Å². The largest absolute Gasteiger partial charge is 0.497 e. The molecule has 134 valence electrons. The standard InChI is InChI=1S/C19H24N2O4/c1-12-16(13(2)20-18(12)19(23)25-5)11-21(3)17(22)10-14-7-6-8-15(9-14)24-4/h6-9,20H,10-11H2,1-5H3. The summed E-state index contributed by atoms with van der Waals surface area (Å²) in [6, 6.07) is 7.47. The monoisotopic (exact) mass is 344 g/mol. The second-order valence-corrected chi connectivity index (χ2v) is 6.00. The van der Waals surface area contributed by atoms with E-state index in [0.717, 1.165) is 28.1 Å². The number of nitrogens with one attached hydrogen (secondary N) is 1. The molecule has 0 aliphatic carbocycles. The molecule has 0 saturated carbocycles. The number of aryl methyl sites for hydroxylation is 1. The Morgan fingerprint density at radius 1 is 1.20 bits per heavy atom. The number of methoxy groups -OCH3 is 2. The van der Waals surface area contributed by atoms with Crippen molar-refractivity contribution in [3.8, 4) is 5.75 Å². The first kappa shape index (κ1) is 18.6. The first-order chi connectivity index (χ1) is 11.9. The van der Waals surface area contributed by atoms with Crippen molar-refractivity contribution in [1.82, 2.24) is 9.88 Å². The summed E-state index contributed by atoms with van der Waals surface area (Å²) >= 11 is 0. The number of ether oxygens (including phenoxy) is 2. The number of hydrogen-bond acceptors (Lipinski definition) is 4. The van der Waals surface area contributed by atoms with E-state index in [4.69, 9.17) is 9.47 Å². The van der Waals surface area contributed by atoms with Gasteiger partial charge in [0.05, 0.1) is 20.6 Å². The quantitative estimate of drug-likeness (QED) is 0.818. The Kier molecular flexibility index (Phi) is 5.85. The third-order valence-corrected chi connectivity index (χ3v) is 4.29. The molecular weight excluding hydrogens is 320 g/mol. The number of hydrogen-bond donors (Lipinski definition) is 1. The van der Waals surface area contributed by atoms with Crippen molar-refractivity contribution in [2.45, 2.75) is 26.8 Å². The zero-order chi connectivity index (χ0) is 18.6. The highest BCUT2D eigenvalue weighted by molar-refractivity contribution is 5.89. The van der Waals surface area contributed by atoms with Crippen molar-refractivity contribution in [3.05, 3.63) is 52.3 Å². The summed E-state index contributed by atoms with van der Waals surface area (Å²) in [5.41, 5.74) is 3.93. The highest BCUT2D eigenvalue weighted by Gasteiger charge is 2.20. The van der Waals surface area contributed by atoms with Crippen LogP contribution in [0.1, 0.15) is 32.9 Å². The summed E-state index contributed by atoms with van der Waals surface area (Å²) in [5, 5.41) is 0. The fourth-order valence-electron chi connectivity index (χ4n) is 2.75. The van der Waals surface area contributed by atoms with Gasteiger partial charge in [-0.15, -0.1) is 0 Å². The topological polar surface area (TPSA) is 71.6 Å². The minimum absolute atomic E-state index is 0.00660. The fourth-order valence-corrected chi connectivity index (χ4v) is 2.75. The smallest absolute Gasteiger partial charge is 0.354 e. The third kappa shape index (κ3) is 4.21. The minimum atomic E-state index is -0.405. The van der Waals surface area contributed by atoms with Crippen molar-refractivity contribution in [2.75, 3.05) is 21.3 Å². The maximum atomic E-state index is 12.5. The van der Waals surface area contributed by atoms with Gasteiger partial charge < -0.3 is 19.4 Å². The number of esters is 1. The van der Waals surface area contributed by atoms with Gasteiger partial charge in [-0.3, -0.25) is 4.79 Å². The molecule has 0 radical (unpaired) electrons. The van der Waals surface area contributed by atoms with Crippen LogP contribution in [0, 0.1) is 13.8 Å². The van der Waals surface area contributed by atoms with Gasteiger partial charge in [0.15, 0.2) is 0 Å². The number of H-pyrrole nitrogens is 1. The maximum Gasteiger partial charge on any atom is 0.354 e. The van der Waals surface area contributed by atoms with Crippen LogP contribution in [0.5, 0.6) is 5.75 Å². The van der Waals surface area contributed by atoms with E-state index in [0.29, 0.717) is 18.7 Å².